The van der Waals surface area contributed by atoms with Crippen molar-refractivity contribution in [2.24, 2.45) is 0 Å². The highest BCUT2D eigenvalue weighted by molar-refractivity contribution is 5.93. The number of anilines is 1. The maximum absolute atomic E-state index is 12.8. The molecule has 1 aromatic carbocycles. The van der Waals surface area contributed by atoms with Crippen LogP contribution < -0.4 is 4.90 Å². The fourth-order valence-corrected chi connectivity index (χ4v) is 4.77. The number of ether oxygens (including phenoxy) is 1. The molecule has 2 bridgehead atoms. The number of carbonyl (C=O) groups excluding carboxylic acids is 1. The van der Waals surface area contributed by atoms with Crippen LogP contribution in [0.15, 0.2) is 47.3 Å². The molecule has 4 heterocycles. The number of nitrogens with zero attached hydrogens (tertiary/aromatic N) is 2. The second-order valence-electron chi connectivity index (χ2n) is 6.68. The van der Waals surface area contributed by atoms with Crippen LogP contribution in [0.3, 0.4) is 0 Å². The molecule has 0 radical (unpaired) electrons. The second-order valence-corrected chi connectivity index (χ2v) is 6.68. The van der Waals surface area contributed by atoms with E-state index >= 15 is 0 Å². The third kappa shape index (κ3) is 1.77. The molecule has 1 aromatic rings. The van der Waals surface area contributed by atoms with Gasteiger partial charge in [-0.1, -0.05) is 36.8 Å². The Balaban J connectivity index is 2.03. The molecule has 0 amide bonds. The summed E-state index contributed by atoms with van der Waals surface area (Å²) in [5.74, 6) is -0.193. The van der Waals surface area contributed by atoms with Gasteiger partial charge in [-0.05, 0) is 31.4 Å². The standard InChI is InChI=1S/C20H24N2O2/c1-4-14-10-12-22-13-11-20(14)15-8-6-7-9-16(15)21(3)18(20)17(22)19(23)24-5-2/h6-10H,4-5,11-13H2,1-3H3. The van der Waals surface area contributed by atoms with Crippen LogP contribution in [0.5, 0.6) is 0 Å². The molecule has 0 aliphatic carbocycles. The number of allylic oxidation sites excluding steroid dienone is 1. The van der Waals surface area contributed by atoms with Crippen LogP contribution in [-0.4, -0.2) is 37.6 Å². The summed E-state index contributed by atoms with van der Waals surface area (Å²) in [5, 5.41) is 0. The number of rotatable bonds is 3. The van der Waals surface area contributed by atoms with Gasteiger partial charge in [-0.15, -0.1) is 0 Å². The number of fused-ring (bicyclic) bond motifs is 3. The molecule has 4 nitrogen and oxygen atoms in total. The van der Waals surface area contributed by atoms with E-state index in [4.69, 9.17) is 4.74 Å². The van der Waals surface area contributed by atoms with Gasteiger partial charge in [0.05, 0.1) is 17.7 Å². The smallest absolute Gasteiger partial charge is 0.356 e. The lowest BCUT2D eigenvalue weighted by molar-refractivity contribution is -0.140. The molecule has 126 valence electrons. The molecule has 1 spiro atoms. The van der Waals surface area contributed by atoms with Crippen molar-refractivity contribution < 1.29 is 9.53 Å². The van der Waals surface area contributed by atoms with Crippen molar-refractivity contribution in [2.45, 2.75) is 32.1 Å². The number of benzene rings is 1. The Hall–Kier alpha value is -2.23. The van der Waals surface area contributed by atoms with Gasteiger partial charge in [-0.25, -0.2) is 4.79 Å². The Morgan fingerprint density at radius 2 is 2.08 bits per heavy atom. The first-order valence-electron chi connectivity index (χ1n) is 8.84. The quantitative estimate of drug-likeness (QED) is 0.631. The number of hydrogen-bond donors (Lipinski definition) is 0. The zero-order chi connectivity index (χ0) is 16.9. The predicted molar refractivity (Wildman–Crippen MR) is 94.7 cm³/mol. The Bertz CT molecular complexity index is 765. The summed E-state index contributed by atoms with van der Waals surface area (Å²) in [7, 11) is 2.08. The lowest BCUT2D eigenvalue weighted by atomic mass is 9.68. The maximum atomic E-state index is 12.8. The van der Waals surface area contributed by atoms with E-state index in [1.807, 2.05) is 6.92 Å². The number of carbonyl (C=O) groups is 1. The average molecular weight is 324 g/mol. The summed E-state index contributed by atoms with van der Waals surface area (Å²) < 4.78 is 5.42. The van der Waals surface area contributed by atoms with Crippen molar-refractivity contribution in [1.29, 1.82) is 0 Å². The van der Waals surface area contributed by atoms with Crippen LogP contribution in [0.2, 0.25) is 0 Å². The maximum Gasteiger partial charge on any atom is 0.356 e. The molecule has 0 aromatic heterocycles. The van der Waals surface area contributed by atoms with Crippen LogP contribution >= 0.6 is 0 Å². The number of hydrogen-bond acceptors (Lipinski definition) is 4. The summed E-state index contributed by atoms with van der Waals surface area (Å²) >= 11 is 0. The van der Waals surface area contributed by atoms with E-state index in [-0.39, 0.29) is 11.4 Å². The Morgan fingerprint density at radius 1 is 1.29 bits per heavy atom. The highest BCUT2D eigenvalue weighted by atomic mass is 16.5. The fraction of sp³-hybridized carbons (Fsp3) is 0.450. The van der Waals surface area contributed by atoms with E-state index in [0.717, 1.165) is 37.3 Å². The molecule has 0 saturated heterocycles. The Morgan fingerprint density at radius 3 is 2.83 bits per heavy atom. The molecule has 5 rings (SSSR count). The Kier molecular flexibility index (Phi) is 3.44. The molecule has 24 heavy (non-hydrogen) atoms. The molecular formula is C20H24N2O2. The summed E-state index contributed by atoms with van der Waals surface area (Å²) in [6.07, 6.45) is 4.34. The van der Waals surface area contributed by atoms with E-state index in [1.165, 1.54) is 16.8 Å². The van der Waals surface area contributed by atoms with Gasteiger partial charge in [0.1, 0.15) is 5.70 Å². The van der Waals surface area contributed by atoms with Crippen molar-refractivity contribution in [3.63, 3.8) is 0 Å². The molecule has 1 atom stereocenters. The van der Waals surface area contributed by atoms with Crippen LogP contribution in [-0.2, 0) is 14.9 Å². The first kappa shape index (κ1) is 15.3. The summed E-state index contributed by atoms with van der Waals surface area (Å²) in [6.45, 7) is 6.17. The fourth-order valence-electron chi connectivity index (χ4n) is 4.77. The molecule has 4 aliphatic heterocycles. The first-order chi connectivity index (χ1) is 11.6. The van der Waals surface area contributed by atoms with Gasteiger partial charge < -0.3 is 14.5 Å². The SMILES string of the molecule is CCOC(=O)C1=C2N(C)c3ccccc3C23CCN1CC=C3CC. The third-order valence-electron chi connectivity index (χ3n) is 5.72. The normalized spacial score (nSPS) is 24.5. The minimum atomic E-state index is -0.193. The van der Waals surface area contributed by atoms with Crippen molar-refractivity contribution in [1.82, 2.24) is 4.90 Å². The highest BCUT2D eigenvalue weighted by Crippen LogP contribution is 2.58. The van der Waals surface area contributed by atoms with Crippen LogP contribution in [0.1, 0.15) is 32.3 Å². The number of likely N-dealkylation sites (N-methyl/N-ethyl adjacent to an activating group) is 1. The molecular weight excluding hydrogens is 300 g/mol. The molecule has 4 heteroatoms. The third-order valence-corrected chi connectivity index (χ3v) is 5.72. The van der Waals surface area contributed by atoms with Crippen molar-refractivity contribution >= 4 is 11.7 Å². The van der Waals surface area contributed by atoms with E-state index in [0.29, 0.717) is 6.61 Å². The lowest BCUT2D eigenvalue weighted by Gasteiger charge is -2.41. The van der Waals surface area contributed by atoms with Gasteiger partial charge in [0, 0.05) is 25.8 Å². The minimum Gasteiger partial charge on any atom is -0.461 e. The first-order valence-corrected chi connectivity index (χ1v) is 8.84. The van der Waals surface area contributed by atoms with Crippen LogP contribution in [0, 0.1) is 0 Å². The van der Waals surface area contributed by atoms with E-state index in [9.17, 15) is 4.79 Å². The van der Waals surface area contributed by atoms with Gasteiger partial charge in [0.2, 0.25) is 0 Å². The van der Waals surface area contributed by atoms with Crippen LogP contribution in [0.4, 0.5) is 5.69 Å². The average Bonchev–Trinajstić information content (AvgIpc) is 2.74. The van der Waals surface area contributed by atoms with E-state index < -0.39 is 0 Å². The largest absolute Gasteiger partial charge is 0.461 e. The van der Waals surface area contributed by atoms with Crippen molar-refractivity contribution in [3.8, 4) is 0 Å². The molecule has 4 aliphatic rings. The predicted octanol–water partition coefficient (Wildman–Crippen LogP) is 3.20. The summed E-state index contributed by atoms with van der Waals surface area (Å²) in [4.78, 5) is 17.2. The molecule has 0 saturated carbocycles. The summed E-state index contributed by atoms with van der Waals surface area (Å²) in [6, 6.07) is 8.57. The van der Waals surface area contributed by atoms with Gasteiger partial charge in [-0.3, -0.25) is 0 Å². The van der Waals surface area contributed by atoms with Crippen molar-refractivity contribution in [3.05, 3.63) is 52.9 Å². The second kappa shape index (κ2) is 5.40. The minimum absolute atomic E-state index is 0.171. The molecule has 0 fully saturated rings. The van der Waals surface area contributed by atoms with Gasteiger partial charge in [0.15, 0.2) is 0 Å². The highest BCUT2D eigenvalue weighted by Gasteiger charge is 2.54. The topological polar surface area (TPSA) is 32.8 Å². The Labute approximate surface area is 143 Å². The van der Waals surface area contributed by atoms with Gasteiger partial charge >= 0.3 is 5.97 Å². The van der Waals surface area contributed by atoms with E-state index in [1.54, 1.807) is 0 Å². The molecule has 0 N–H and O–H groups in total. The monoisotopic (exact) mass is 324 g/mol. The summed E-state index contributed by atoms with van der Waals surface area (Å²) in [5.41, 5.74) is 5.66. The zero-order valence-corrected chi connectivity index (χ0v) is 14.6. The van der Waals surface area contributed by atoms with Crippen LogP contribution in [0.25, 0.3) is 0 Å². The zero-order valence-electron chi connectivity index (χ0n) is 14.6. The van der Waals surface area contributed by atoms with E-state index in [2.05, 4.69) is 54.1 Å². The number of esters is 1. The number of para-hydroxylation sites is 1. The van der Waals surface area contributed by atoms with Crippen molar-refractivity contribution in [2.75, 3.05) is 31.6 Å². The molecule has 1 unspecified atom stereocenters. The lowest BCUT2D eigenvalue weighted by Crippen LogP contribution is -2.44. The van der Waals surface area contributed by atoms with Gasteiger partial charge in [0.25, 0.3) is 0 Å². The van der Waals surface area contributed by atoms with Gasteiger partial charge in [-0.2, -0.15) is 0 Å².